The number of pyridine rings is 1. The van der Waals surface area contributed by atoms with Gasteiger partial charge in [0.1, 0.15) is 10.9 Å². The Bertz CT molecular complexity index is 1080. The van der Waals surface area contributed by atoms with Crippen molar-refractivity contribution < 1.29 is 9.53 Å². The van der Waals surface area contributed by atoms with Gasteiger partial charge in [0.05, 0.1) is 5.52 Å². The molecule has 1 fully saturated rings. The zero-order chi connectivity index (χ0) is 21.3. The maximum absolute atomic E-state index is 12.7. The van der Waals surface area contributed by atoms with Crippen molar-refractivity contribution in [3.63, 3.8) is 0 Å². The molecule has 0 bridgehead atoms. The summed E-state index contributed by atoms with van der Waals surface area (Å²) in [6.07, 6.45) is -0.576. The van der Waals surface area contributed by atoms with Crippen LogP contribution in [0.25, 0.3) is 22.0 Å². The fourth-order valence-electron chi connectivity index (χ4n) is 3.69. The summed E-state index contributed by atoms with van der Waals surface area (Å²) in [4.78, 5) is 21.2. The minimum Gasteiger partial charge on any atom is -0.481 e. The van der Waals surface area contributed by atoms with Crippen LogP contribution in [0.1, 0.15) is 6.92 Å². The number of ether oxygens (including phenoxy) is 1. The molecule has 0 spiro atoms. The Balaban J connectivity index is 1.59. The molecule has 1 aliphatic rings. The number of likely N-dealkylation sites (N-methyl/N-ethyl adjacent to an activating group) is 1. The van der Waals surface area contributed by atoms with Gasteiger partial charge in [-0.2, -0.15) is 0 Å². The molecular weight excluding hydrogens is 421 g/mol. The van der Waals surface area contributed by atoms with Crippen LogP contribution in [0.15, 0.2) is 48.5 Å². The molecule has 1 amide bonds. The van der Waals surface area contributed by atoms with E-state index in [2.05, 4.69) is 16.9 Å². The van der Waals surface area contributed by atoms with Crippen molar-refractivity contribution in [3.05, 3.63) is 58.7 Å². The lowest BCUT2D eigenvalue weighted by molar-refractivity contribution is -0.139. The maximum Gasteiger partial charge on any atom is 0.263 e. The normalized spacial score (nSPS) is 15.9. The lowest BCUT2D eigenvalue weighted by Crippen LogP contribution is -2.50. The van der Waals surface area contributed by atoms with E-state index in [0.717, 1.165) is 42.7 Å². The van der Waals surface area contributed by atoms with Crippen LogP contribution in [0.3, 0.4) is 0 Å². The molecule has 2 heterocycles. The lowest BCUT2D eigenvalue weighted by Gasteiger charge is -2.33. The summed E-state index contributed by atoms with van der Waals surface area (Å²) in [5, 5.41) is 1.93. The van der Waals surface area contributed by atoms with E-state index in [9.17, 15) is 4.79 Å². The first kappa shape index (κ1) is 20.9. The second-order valence-electron chi connectivity index (χ2n) is 7.54. The van der Waals surface area contributed by atoms with Crippen molar-refractivity contribution in [2.45, 2.75) is 13.0 Å². The van der Waals surface area contributed by atoms with Gasteiger partial charge in [-0.1, -0.05) is 41.4 Å². The number of carbonyl (C=O) groups is 1. The minimum atomic E-state index is -0.576. The molecule has 0 radical (unpaired) electrons. The molecular formula is C23H23Cl2N3O2. The molecule has 2 aromatic carbocycles. The van der Waals surface area contributed by atoms with Crippen LogP contribution in [-0.4, -0.2) is 60.0 Å². The highest BCUT2D eigenvalue weighted by Crippen LogP contribution is 2.35. The first-order chi connectivity index (χ1) is 14.4. The van der Waals surface area contributed by atoms with Crippen LogP contribution in [0.4, 0.5) is 0 Å². The van der Waals surface area contributed by atoms with E-state index in [-0.39, 0.29) is 5.91 Å². The highest BCUT2D eigenvalue weighted by atomic mass is 35.5. The maximum atomic E-state index is 12.7. The molecule has 5 nitrogen and oxygen atoms in total. The van der Waals surface area contributed by atoms with Crippen molar-refractivity contribution in [1.82, 2.24) is 14.8 Å². The van der Waals surface area contributed by atoms with Crippen molar-refractivity contribution in [2.24, 2.45) is 0 Å². The fraction of sp³-hybridized carbons (Fsp3) is 0.304. The summed E-state index contributed by atoms with van der Waals surface area (Å²) in [5.74, 6) is 0.580. The Kier molecular flexibility index (Phi) is 6.14. The number of carbonyl (C=O) groups excluding carboxylic acids is 1. The third-order valence-electron chi connectivity index (χ3n) is 5.39. The Morgan fingerprint density at radius 2 is 1.77 bits per heavy atom. The van der Waals surface area contributed by atoms with E-state index in [1.54, 1.807) is 6.92 Å². The van der Waals surface area contributed by atoms with Gasteiger partial charge in [-0.05, 0) is 43.8 Å². The number of benzene rings is 2. The van der Waals surface area contributed by atoms with Crippen LogP contribution in [0, 0.1) is 0 Å². The van der Waals surface area contributed by atoms with Crippen molar-refractivity contribution in [3.8, 4) is 16.9 Å². The first-order valence-corrected chi connectivity index (χ1v) is 10.7. The summed E-state index contributed by atoms with van der Waals surface area (Å²) in [6.45, 7) is 4.98. The molecule has 7 heteroatoms. The molecule has 156 valence electrons. The van der Waals surface area contributed by atoms with Crippen molar-refractivity contribution in [2.75, 3.05) is 33.2 Å². The molecule has 0 aliphatic carbocycles. The molecule has 1 aliphatic heterocycles. The minimum absolute atomic E-state index is 0.000920. The van der Waals surface area contributed by atoms with Crippen LogP contribution >= 0.6 is 23.2 Å². The summed E-state index contributed by atoms with van der Waals surface area (Å²) in [5.41, 5.74) is 2.48. The highest BCUT2D eigenvalue weighted by molar-refractivity contribution is 6.34. The van der Waals surface area contributed by atoms with Crippen LogP contribution in [-0.2, 0) is 4.79 Å². The van der Waals surface area contributed by atoms with Crippen LogP contribution in [0.5, 0.6) is 5.75 Å². The van der Waals surface area contributed by atoms with Gasteiger partial charge < -0.3 is 14.5 Å². The standard InChI is InChI=1S/C23H23Cl2N3O2/c1-15(23(29)28-11-9-27(2)10-12-28)30-16-7-8-18-19(14-22(25)26-21(18)13-16)17-5-3-4-6-20(17)24/h3-8,13-15H,9-12H2,1-2H3. The summed E-state index contributed by atoms with van der Waals surface area (Å²) >= 11 is 12.7. The second-order valence-corrected chi connectivity index (χ2v) is 8.33. The summed E-state index contributed by atoms with van der Waals surface area (Å²) in [7, 11) is 2.06. The number of rotatable bonds is 4. The molecule has 1 saturated heterocycles. The van der Waals surface area contributed by atoms with Crippen molar-refractivity contribution >= 4 is 40.0 Å². The van der Waals surface area contributed by atoms with Crippen molar-refractivity contribution in [1.29, 1.82) is 0 Å². The van der Waals surface area contributed by atoms with E-state index >= 15 is 0 Å². The Morgan fingerprint density at radius 3 is 2.50 bits per heavy atom. The summed E-state index contributed by atoms with van der Waals surface area (Å²) < 4.78 is 5.96. The van der Waals surface area contributed by atoms with Gasteiger partial charge in [-0.25, -0.2) is 4.98 Å². The molecule has 1 aromatic heterocycles. The number of hydrogen-bond acceptors (Lipinski definition) is 4. The Hall–Kier alpha value is -2.34. The smallest absolute Gasteiger partial charge is 0.263 e. The SMILES string of the molecule is CC(Oc1ccc2c(-c3ccccc3Cl)cc(Cl)nc2c1)C(=O)N1CCN(C)CC1. The number of hydrogen-bond donors (Lipinski definition) is 0. The topological polar surface area (TPSA) is 45.7 Å². The zero-order valence-electron chi connectivity index (χ0n) is 16.9. The van der Waals surface area contributed by atoms with Gasteiger partial charge in [-0.3, -0.25) is 4.79 Å². The molecule has 30 heavy (non-hydrogen) atoms. The number of piperazine rings is 1. The molecule has 1 unspecified atom stereocenters. The van der Waals surface area contributed by atoms with E-state index in [1.165, 1.54) is 0 Å². The highest BCUT2D eigenvalue weighted by Gasteiger charge is 2.25. The largest absolute Gasteiger partial charge is 0.481 e. The van der Waals surface area contributed by atoms with Gasteiger partial charge in [0.15, 0.2) is 6.10 Å². The molecule has 1 atom stereocenters. The van der Waals surface area contributed by atoms with Crippen LogP contribution < -0.4 is 4.74 Å². The van der Waals surface area contributed by atoms with Gasteiger partial charge in [0, 0.05) is 48.2 Å². The third kappa shape index (κ3) is 4.38. The number of amides is 1. The lowest BCUT2D eigenvalue weighted by atomic mass is 10.0. The molecule has 0 saturated carbocycles. The third-order valence-corrected chi connectivity index (χ3v) is 5.91. The average Bonchev–Trinajstić information content (AvgIpc) is 2.73. The summed E-state index contributed by atoms with van der Waals surface area (Å²) in [6, 6.07) is 15.0. The second kappa shape index (κ2) is 8.80. The Labute approximate surface area is 186 Å². The fourth-order valence-corrected chi connectivity index (χ4v) is 4.13. The van der Waals surface area contributed by atoms with Gasteiger partial charge in [0.2, 0.25) is 0 Å². The van der Waals surface area contributed by atoms with Gasteiger partial charge in [-0.15, -0.1) is 0 Å². The van der Waals surface area contributed by atoms with Crippen LogP contribution in [0.2, 0.25) is 10.2 Å². The number of fused-ring (bicyclic) bond motifs is 1. The van der Waals surface area contributed by atoms with E-state index in [1.807, 2.05) is 53.4 Å². The Morgan fingerprint density at radius 1 is 1.03 bits per heavy atom. The first-order valence-electron chi connectivity index (χ1n) is 9.91. The predicted molar refractivity (Wildman–Crippen MR) is 121 cm³/mol. The van der Waals surface area contributed by atoms with E-state index in [0.29, 0.717) is 21.4 Å². The number of nitrogens with zero attached hydrogens (tertiary/aromatic N) is 3. The molecule has 3 aromatic rings. The zero-order valence-corrected chi connectivity index (χ0v) is 18.5. The number of aromatic nitrogens is 1. The van der Waals surface area contributed by atoms with E-state index < -0.39 is 6.10 Å². The van der Waals surface area contributed by atoms with Gasteiger partial charge >= 0.3 is 0 Å². The quantitative estimate of drug-likeness (QED) is 0.545. The average molecular weight is 444 g/mol. The molecule has 4 rings (SSSR count). The van der Waals surface area contributed by atoms with E-state index in [4.69, 9.17) is 27.9 Å². The number of halogens is 2. The van der Waals surface area contributed by atoms with Gasteiger partial charge in [0.25, 0.3) is 5.91 Å². The molecule has 0 N–H and O–H groups in total. The predicted octanol–water partition coefficient (Wildman–Crippen LogP) is 4.75. The monoisotopic (exact) mass is 443 g/mol.